The van der Waals surface area contributed by atoms with E-state index in [1.54, 1.807) is 0 Å². The van der Waals surface area contributed by atoms with Crippen LogP contribution in [0.1, 0.15) is 0 Å². The van der Waals surface area contributed by atoms with E-state index in [4.69, 9.17) is 4.98 Å². The number of aromatic nitrogens is 4. The third-order valence-electron chi connectivity index (χ3n) is 10.2. The summed E-state index contributed by atoms with van der Waals surface area (Å²) in [5, 5.41) is 2.27. The summed E-state index contributed by atoms with van der Waals surface area (Å²) < 4.78 is 6.59. The van der Waals surface area contributed by atoms with E-state index in [9.17, 15) is 0 Å². The smallest absolute Gasteiger partial charge is 0.188 e. The summed E-state index contributed by atoms with van der Waals surface area (Å²) in [7, 11) is 2.08. The number of imidazole rings is 1. The molecule has 10 aromatic rings. The summed E-state index contributed by atoms with van der Waals surface area (Å²) in [4.78, 5) is 7.22. The van der Waals surface area contributed by atoms with E-state index < -0.39 is 0 Å². The van der Waals surface area contributed by atoms with Gasteiger partial charge in [0, 0.05) is 63.3 Å². The minimum absolute atomic E-state index is 0. The van der Waals surface area contributed by atoms with Gasteiger partial charge in [0.1, 0.15) is 5.82 Å². The van der Waals surface area contributed by atoms with Crippen LogP contribution in [0.15, 0.2) is 188 Å². The molecule has 0 unspecified atom stereocenters. The minimum Gasteiger partial charge on any atom is -0.358 e. The number of hydrogen-bond acceptors (Lipinski definition) is 2. The first-order chi connectivity index (χ1) is 26.7. The van der Waals surface area contributed by atoms with Crippen LogP contribution in [0.3, 0.4) is 0 Å². The van der Waals surface area contributed by atoms with E-state index in [1.165, 1.54) is 11.1 Å². The Kier molecular flexibility index (Phi) is 8.93. The van der Waals surface area contributed by atoms with Gasteiger partial charge in [-0.25, -0.2) is 14.1 Å². The maximum Gasteiger partial charge on any atom is 0.188 e. The van der Waals surface area contributed by atoms with E-state index >= 15 is 0 Å². The van der Waals surface area contributed by atoms with E-state index in [1.807, 2.05) is 12.3 Å². The number of aryl methyl sites for hydroxylation is 1. The summed E-state index contributed by atoms with van der Waals surface area (Å²) in [6.45, 7) is 0. The third kappa shape index (κ3) is 6.03. The molecule has 266 valence electrons. The largest absolute Gasteiger partial charge is 0.358 e. The summed E-state index contributed by atoms with van der Waals surface area (Å²) in [6.07, 6.45) is 4.03. The molecule has 0 N–H and O–H groups in total. The zero-order chi connectivity index (χ0) is 36.0. The Hall–Kier alpha value is -6.55. The van der Waals surface area contributed by atoms with Crippen molar-refractivity contribution in [3.8, 4) is 33.8 Å². The van der Waals surface area contributed by atoms with Crippen molar-refractivity contribution in [2.75, 3.05) is 4.90 Å². The van der Waals surface area contributed by atoms with Crippen LogP contribution in [0.2, 0.25) is 0 Å². The quantitative estimate of drug-likeness (QED) is 0.149. The Morgan fingerprint density at radius 3 is 2.00 bits per heavy atom. The zero-order valence-corrected chi connectivity index (χ0v) is 32.2. The van der Waals surface area contributed by atoms with Crippen molar-refractivity contribution in [1.82, 2.24) is 18.7 Å². The molecule has 0 aliphatic heterocycles. The standard InChI is InChI=1S/C49H34N5.Pt/c1-51-34-52(47-26-13-12-25-46(47)51)38-19-14-20-39(32-38)53(37-17-6-3-7-18-37)40-27-28-44-43-23-10-11-24-45(43)54(48(44)33-40)49-31-36(29-30-50-49)42-22-9-8-21-41(42)35-15-4-2-5-16-35;/h2-31,34H,1H3;/q-1;. The van der Waals surface area contributed by atoms with Gasteiger partial charge in [-0.2, -0.15) is 12.1 Å². The van der Waals surface area contributed by atoms with Crippen LogP contribution in [0.25, 0.3) is 66.6 Å². The molecule has 0 amide bonds. The first kappa shape index (κ1) is 34.2. The van der Waals surface area contributed by atoms with Crippen LogP contribution in [0.5, 0.6) is 0 Å². The van der Waals surface area contributed by atoms with Crippen LogP contribution in [-0.2, 0) is 28.1 Å². The molecule has 0 radical (unpaired) electrons. The minimum atomic E-state index is 0. The summed E-state index contributed by atoms with van der Waals surface area (Å²) in [5.74, 6) is 0.835. The molecule has 0 saturated heterocycles. The molecule has 0 bridgehead atoms. The second-order valence-electron chi connectivity index (χ2n) is 13.5. The summed E-state index contributed by atoms with van der Waals surface area (Å²) in [5.41, 5.74) is 12.7. The molecule has 3 heterocycles. The topological polar surface area (TPSA) is 30.9 Å². The Labute approximate surface area is 334 Å². The molecule has 0 spiro atoms. The van der Waals surface area contributed by atoms with Crippen molar-refractivity contribution in [3.05, 3.63) is 201 Å². The van der Waals surface area contributed by atoms with Crippen molar-refractivity contribution in [2.24, 2.45) is 7.05 Å². The predicted molar refractivity (Wildman–Crippen MR) is 222 cm³/mol. The first-order valence-electron chi connectivity index (χ1n) is 18.1. The number of rotatable bonds is 7. The van der Waals surface area contributed by atoms with Gasteiger partial charge in [-0.1, -0.05) is 114 Å². The maximum atomic E-state index is 4.99. The normalized spacial score (nSPS) is 11.2. The van der Waals surface area contributed by atoms with E-state index in [-0.39, 0.29) is 21.1 Å². The molecule has 0 fully saturated rings. The van der Waals surface area contributed by atoms with Crippen LogP contribution in [0, 0.1) is 12.1 Å². The zero-order valence-electron chi connectivity index (χ0n) is 30.0. The molecule has 0 aliphatic carbocycles. The summed E-state index contributed by atoms with van der Waals surface area (Å²) in [6, 6.07) is 69.2. The van der Waals surface area contributed by atoms with Crippen molar-refractivity contribution in [3.63, 3.8) is 0 Å². The Morgan fingerprint density at radius 1 is 0.545 bits per heavy atom. The number of nitrogens with zero attached hydrogens (tertiary/aromatic N) is 5. The van der Waals surface area contributed by atoms with Gasteiger partial charge in [0.2, 0.25) is 0 Å². The molecule has 10 rings (SSSR count). The Bertz CT molecular complexity index is 2970. The van der Waals surface area contributed by atoms with Gasteiger partial charge in [-0.3, -0.25) is 0 Å². The third-order valence-corrected chi connectivity index (χ3v) is 10.2. The number of anilines is 3. The number of para-hydroxylation sites is 4. The molecule has 0 saturated carbocycles. The van der Waals surface area contributed by atoms with Gasteiger partial charge in [0.15, 0.2) is 17.4 Å². The average Bonchev–Trinajstić information content (AvgIpc) is 3.76. The number of fused-ring (bicyclic) bond motifs is 4. The monoisotopic (exact) mass is 887 g/mol. The van der Waals surface area contributed by atoms with Crippen LogP contribution in [-0.4, -0.2) is 18.7 Å². The fourth-order valence-electron chi connectivity index (χ4n) is 7.72. The van der Waals surface area contributed by atoms with E-state index in [0.29, 0.717) is 0 Å². The molecule has 3 aromatic heterocycles. The molecule has 0 aliphatic rings. The fourth-order valence-corrected chi connectivity index (χ4v) is 7.72. The van der Waals surface area contributed by atoms with E-state index in [2.05, 4.69) is 214 Å². The van der Waals surface area contributed by atoms with Crippen molar-refractivity contribution < 1.29 is 21.1 Å². The predicted octanol–water partition coefficient (Wildman–Crippen LogP) is 12.1. The van der Waals surface area contributed by atoms with Gasteiger partial charge < -0.3 is 9.47 Å². The van der Waals surface area contributed by atoms with Gasteiger partial charge in [0.25, 0.3) is 0 Å². The van der Waals surface area contributed by atoms with Gasteiger partial charge in [0.05, 0.1) is 0 Å². The van der Waals surface area contributed by atoms with Gasteiger partial charge in [-0.05, 0) is 70.1 Å². The molecular formula is C49H34N5Pt-. The second-order valence-corrected chi connectivity index (χ2v) is 13.5. The van der Waals surface area contributed by atoms with Crippen molar-refractivity contribution >= 4 is 49.9 Å². The van der Waals surface area contributed by atoms with E-state index in [0.717, 1.165) is 72.5 Å². The number of pyridine rings is 1. The molecule has 55 heavy (non-hydrogen) atoms. The number of hydrogen-bond donors (Lipinski definition) is 0. The second kappa shape index (κ2) is 14.4. The maximum absolute atomic E-state index is 4.99. The van der Waals surface area contributed by atoms with Gasteiger partial charge >= 0.3 is 0 Å². The average molecular weight is 888 g/mol. The van der Waals surface area contributed by atoms with Crippen LogP contribution >= 0.6 is 0 Å². The fraction of sp³-hybridized carbons (Fsp3) is 0.0204. The summed E-state index contributed by atoms with van der Waals surface area (Å²) >= 11 is 0. The molecule has 6 heteroatoms. The Balaban J connectivity index is 0.00000397. The molecule has 0 atom stereocenters. The molecular weight excluding hydrogens is 854 g/mol. The molecule has 5 nitrogen and oxygen atoms in total. The van der Waals surface area contributed by atoms with Gasteiger partial charge in [-0.15, -0.1) is 29.7 Å². The molecule has 7 aromatic carbocycles. The van der Waals surface area contributed by atoms with Crippen LogP contribution < -0.4 is 4.90 Å². The van der Waals surface area contributed by atoms with Crippen molar-refractivity contribution in [2.45, 2.75) is 0 Å². The SMILES string of the molecule is Cn1[cH+]n(-c2[c-]c(N(c3[c-]c4c(cc3)c3ccccc3n4-c3cc(-c4ccccc4-c4ccccc4)ccn3)c3ccccc3)ccc2)c2ccccc21.[Pt]. The number of benzene rings is 7. The van der Waals surface area contributed by atoms with Crippen molar-refractivity contribution in [1.29, 1.82) is 0 Å². The van der Waals surface area contributed by atoms with Crippen LogP contribution in [0.4, 0.5) is 17.1 Å². The Morgan fingerprint density at radius 2 is 1.20 bits per heavy atom. The first-order valence-corrected chi connectivity index (χ1v) is 18.1.